The van der Waals surface area contributed by atoms with Gasteiger partial charge in [0.05, 0.1) is 10.4 Å². The van der Waals surface area contributed by atoms with Crippen molar-refractivity contribution in [3.8, 4) is 16.2 Å². The van der Waals surface area contributed by atoms with Gasteiger partial charge in [-0.05, 0) is 55.2 Å². The van der Waals surface area contributed by atoms with Crippen LogP contribution in [0.15, 0.2) is 24.3 Å². The summed E-state index contributed by atoms with van der Waals surface area (Å²) in [7, 11) is 0. The average molecular weight is 401 g/mol. The van der Waals surface area contributed by atoms with E-state index < -0.39 is 5.97 Å². The minimum absolute atomic E-state index is 0.114. The first-order valence-electron chi connectivity index (χ1n) is 9.97. The Kier molecular flexibility index (Phi) is 5.21. The number of aromatic carboxylic acids is 1. The van der Waals surface area contributed by atoms with E-state index >= 15 is 0 Å². The van der Waals surface area contributed by atoms with E-state index in [2.05, 4.69) is 13.8 Å². The highest BCUT2D eigenvalue weighted by Crippen LogP contribution is 2.47. The molecule has 2 aliphatic rings. The molecule has 1 aliphatic heterocycles. The van der Waals surface area contributed by atoms with Crippen LogP contribution in [0.3, 0.4) is 0 Å². The minimum Gasteiger partial charge on any atom is -0.490 e. The predicted octanol–water partition coefficient (Wildman–Crippen LogP) is 4.35. The van der Waals surface area contributed by atoms with E-state index in [4.69, 9.17) is 10.6 Å². The Hall–Kier alpha value is -1.89. The second-order valence-corrected chi connectivity index (χ2v) is 9.81. The lowest BCUT2D eigenvalue weighted by Crippen LogP contribution is -2.42. The lowest BCUT2D eigenvalue weighted by Gasteiger charge is -2.29. The number of nitrogens with two attached hydrogens (primary N) is 1. The maximum absolute atomic E-state index is 12.2. The molecule has 5 nitrogen and oxygen atoms in total. The molecule has 0 unspecified atom stereocenters. The van der Waals surface area contributed by atoms with Crippen molar-refractivity contribution in [1.29, 1.82) is 0 Å². The van der Waals surface area contributed by atoms with Crippen molar-refractivity contribution >= 4 is 17.3 Å². The molecule has 1 aromatic heterocycles. The van der Waals surface area contributed by atoms with Gasteiger partial charge in [0.1, 0.15) is 11.9 Å². The fraction of sp³-hybridized carbons (Fsp3) is 0.500. The third-order valence-electron chi connectivity index (χ3n) is 5.89. The van der Waals surface area contributed by atoms with Crippen LogP contribution >= 0.6 is 11.3 Å². The van der Waals surface area contributed by atoms with Gasteiger partial charge in [0.15, 0.2) is 0 Å². The Morgan fingerprint density at radius 3 is 2.71 bits per heavy atom. The van der Waals surface area contributed by atoms with Crippen molar-refractivity contribution in [3.63, 3.8) is 0 Å². The first-order valence-corrected chi connectivity index (χ1v) is 10.8. The molecule has 6 heteroatoms. The van der Waals surface area contributed by atoms with Crippen molar-refractivity contribution < 1.29 is 14.6 Å². The molecular weight excluding hydrogens is 372 g/mol. The van der Waals surface area contributed by atoms with Gasteiger partial charge < -0.3 is 9.84 Å². The lowest BCUT2D eigenvalue weighted by atomic mass is 9.76. The van der Waals surface area contributed by atoms with Crippen LogP contribution in [-0.4, -0.2) is 35.3 Å². The van der Waals surface area contributed by atoms with Crippen LogP contribution in [0.2, 0.25) is 0 Å². The number of nitrogens with zero attached hydrogens (tertiary/aromatic N) is 1. The van der Waals surface area contributed by atoms with Gasteiger partial charge in [-0.25, -0.2) is 9.80 Å². The highest BCUT2D eigenvalue weighted by atomic mass is 32.1. The van der Waals surface area contributed by atoms with Crippen molar-refractivity contribution in [2.24, 2.45) is 11.3 Å². The molecule has 150 valence electrons. The fourth-order valence-electron chi connectivity index (χ4n) is 4.27. The molecule has 0 atom stereocenters. The molecule has 1 saturated heterocycles. The summed E-state index contributed by atoms with van der Waals surface area (Å²) in [4.78, 5) is 14.3. The molecular formula is C22H28N2O3S. The molecule has 4 rings (SSSR count). The highest BCUT2D eigenvalue weighted by Gasteiger charge is 2.33. The first-order chi connectivity index (χ1) is 13.3. The van der Waals surface area contributed by atoms with E-state index in [9.17, 15) is 9.90 Å². The van der Waals surface area contributed by atoms with Crippen molar-refractivity contribution in [1.82, 2.24) is 5.01 Å². The number of hydrogen-bond acceptors (Lipinski definition) is 5. The largest absolute Gasteiger partial charge is 0.490 e. The maximum atomic E-state index is 12.2. The molecule has 0 bridgehead atoms. The molecule has 1 fully saturated rings. The standard InChI is InChI=1S/C22H28N2O3S/c1-22(2)10-7-18-16(13-22)19(21(25)26)20(28-18)15-5-3-4-6-17(15)27-14-8-11-24(23)12-9-14/h3-6,14H,7-13,23H2,1-2H3,(H,25,26). The van der Waals surface area contributed by atoms with Gasteiger partial charge in [0.25, 0.3) is 0 Å². The zero-order valence-corrected chi connectivity index (χ0v) is 17.3. The Morgan fingerprint density at radius 1 is 1.29 bits per heavy atom. The average Bonchev–Trinajstić information content (AvgIpc) is 3.01. The predicted molar refractivity (Wildman–Crippen MR) is 112 cm³/mol. The second-order valence-electron chi connectivity index (χ2n) is 8.70. The van der Waals surface area contributed by atoms with E-state index in [1.165, 1.54) is 4.88 Å². The number of rotatable bonds is 4. The Labute approximate surface area is 170 Å². The van der Waals surface area contributed by atoms with Gasteiger partial charge in [-0.1, -0.05) is 26.0 Å². The number of aryl methyl sites for hydroxylation is 1. The number of benzene rings is 1. The van der Waals surface area contributed by atoms with Crippen LogP contribution < -0.4 is 10.6 Å². The smallest absolute Gasteiger partial charge is 0.337 e. The third-order valence-corrected chi connectivity index (χ3v) is 7.22. The normalized spacial score (nSPS) is 20.0. The molecule has 2 heterocycles. The van der Waals surface area contributed by atoms with Gasteiger partial charge in [0.2, 0.25) is 0 Å². The third kappa shape index (κ3) is 3.81. The molecule has 1 aliphatic carbocycles. The van der Waals surface area contributed by atoms with E-state index in [0.29, 0.717) is 5.56 Å². The zero-order valence-electron chi connectivity index (χ0n) is 16.5. The summed E-state index contributed by atoms with van der Waals surface area (Å²) in [5.41, 5.74) is 2.53. The zero-order chi connectivity index (χ0) is 19.9. The second kappa shape index (κ2) is 7.50. The summed E-state index contributed by atoms with van der Waals surface area (Å²) in [5, 5.41) is 11.9. The molecule has 0 spiro atoms. The molecule has 28 heavy (non-hydrogen) atoms. The molecule has 0 saturated carbocycles. The molecule has 3 N–H and O–H groups in total. The van der Waals surface area contributed by atoms with Crippen LogP contribution in [-0.2, 0) is 12.8 Å². The summed E-state index contributed by atoms with van der Waals surface area (Å²) < 4.78 is 6.33. The molecule has 0 amide bonds. The van der Waals surface area contributed by atoms with Gasteiger partial charge in [-0.15, -0.1) is 11.3 Å². The van der Waals surface area contributed by atoms with Crippen LogP contribution in [0.4, 0.5) is 0 Å². The Morgan fingerprint density at radius 2 is 2.00 bits per heavy atom. The number of carboxylic acids is 1. The maximum Gasteiger partial charge on any atom is 0.337 e. The first kappa shape index (κ1) is 19.4. The SMILES string of the molecule is CC1(C)CCc2sc(-c3ccccc3OC3CCN(N)CC3)c(C(=O)O)c2C1. The van der Waals surface area contributed by atoms with Crippen LogP contribution in [0.1, 0.15) is 53.9 Å². The minimum atomic E-state index is -0.837. The summed E-state index contributed by atoms with van der Waals surface area (Å²) in [6.07, 6.45) is 4.73. The van der Waals surface area contributed by atoms with E-state index in [0.717, 1.165) is 66.9 Å². The molecule has 0 radical (unpaired) electrons. The van der Waals surface area contributed by atoms with Crippen molar-refractivity contribution in [2.45, 2.75) is 52.1 Å². The van der Waals surface area contributed by atoms with Crippen molar-refractivity contribution in [3.05, 3.63) is 40.3 Å². The van der Waals surface area contributed by atoms with Crippen LogP contribution in [0.25, 0.3) is 10.4 Å². The summed E-state index contributed by atoms with van der Waals surface area (Å²) in [6.45, 7) is 6.07. The fourth-order valence-corrected chi connectivity index (χ4v) is 5.61. The number of hydrogen-bond donors (Lipinski definition) is 2. The monoisotopic (exact) mass is 400 g/mol. The van der Waals surface area contributed by atoms with Gasteiger partial charge in [-0.3, -0.25) is 5.84 Å². The van der Waals surface area contributed by atoms with E-state index in [-0.39, 0.29) is 11.5 Å². The Balaban J connectivity index is 1.72. The number of hydrazine groups is 1. The topological polar surface area (TPSA) is 75.8 Å². The van der Waals surface area contributed by atoms with Crippen LogP contribution in [0, 0.1) is 5.41 Å². The number of para-hydroxylation sites is 1. The lowest BCUT2D eigenvalue weighted by molar-refractivity contribution is 0.0696. The number of fused-ring (bicyclic) bond motifs is 1. The van der Waals surface area contributed by atoms with Gasteiger partial charge in [-0.2, -0.15) is 0 Å². The molecule has 1 aromatic carbocycles. The van der Waals surface area contributed by atoms with Crippen LogP contribution in [0.5, 0.6) is 5.75 Å². The number of piperidine rings is 1. The summed E-state index contributed by atoms with van der Waals surface area (Å²) in [6, 6.07) is 7.85. The number of ether oxygens (including phenoxy) is 1. The molecule has 2 aromatic rings. The highest BCUT2D eigenvalue weighted by molar-refractivity contribution is 7.16. The number of carboxylic acid groups (broad SMARTS) is 1. The number of carbonyl (C=O) groups is 1. The quantitative estimate of drug-likeness (QED) is 0.747. The number of thiophene rings is 1. The Bertz CT molecular complexity index is 882. The van der Waals surface area contributed by atoms with E-state index in [1.807, 2.05) is 29.3 Å². The van der Waals surface area contributed by atoms with Gasteiger partial charge >= 0.3 is 5.97 Å². The summed E-state index contributed by atoms with van der Waals surface area (Å²) in [5.74, 6) is 5.80. The summed E-state index contributed by atoms with van der Waals surface area (Å²) >= 11 is 1.63. The van der Waals surface area contributed by atoms with Crippen molar-refractivity contribution in [2.75, 3.05) is 13.1 Å². The van der Waals surface area contributed by atoms with Gasteiger partial charge in [0, 0.05) is 23.5 Å². The van der Waals surface area contributed by atoms with E-state index in [1.54, 1.807) is 11.3 Å².